The van der Waals surface area contributed by atoms with Crippen molar-refractivity contribution >= 4 is 17.8 Å². The van der Waals surface area contributed by atoms with Gasteiger partial charge in [0.25, 0.3) is 5.91 Å². The molecular weight excluding hydrogens is 374 g/mol. The lowest BCUT2D eigenvalue weighted by Gasteiger charge is -2.27. The van der Waals surface area contributed by atoms with Crippen LogP contribution in [-0.4, -0.2) is 52.2 Å². The molecular formula is C21H25N3O5. The maximum Gasteiger partial charge on any atom is 0.359 e. The lowest BCUT2D eigenvalue weighted by Crippen LogP contribution is -2.40. The molecule has 0 saturated heterocycles. The molecule has 0 bridgehead atoms. The highest BCUT2D eigenvalue weighted by molar-refractivity contribution is 5.96. The summed E-state index contributed by atoms with van der Waals surface area (Å²) in [5.74, 6) is -0.918. The molecule has 0 aliphatic carbocycles. The molecule has 0 fully saturated rings. The highest BCUT2D eigenvalue weighted by Gasteiger charge is 2.28. The van der Waals surface area contributed by atoms with Gasteiger partial charge in [-0.15, -0.1) is 0 Å². The normalized spacial score (nSPS) is 13.1. The van der Waals surface area contributed by atoms with Gasteiger partial charge in [0.1, 0.15) is 12.3 Å². The number of fused-ring (bicyclic) bond motifs is 1. The average Bonchev–Trinajstić information content (AvgIpc) is 3.19. The summed E-state index contributed by atoms with van der Waals surface area (Å²) in [5, 5.41) is 4.22. The van der Waals surface area contributed by atoms with Crippen LogP contribution < -0.4 is 0 Å². The summed E-state index contributed by atoms with van der Waals surface area (Å²) in [6, 6.07) is 10.9. The quantitative estimate of drug-likeness (QED) is 0.475. The van der Waals surface area contributed by atoms with E-state index >= 15 is 0 Å². The number of hydrogen-bond donors (Lipinski definition) is 0. The molecule has 1 aliphatic rings. The van der Waals surface area contributed by atoms with E-state index in [4.69, 9.17) is 9.47 Å². The van der Waals surface area contributed by atoms with Crippen molar-refractivity contribution in [3.8, 4) is 0 Å². The van der Waals surface area contributed by atoms with Crippen LogP contribution in [0.3, 0.4) is 0 Å². The molecule has 154 valence electrons. The van der Waals surface area contributed by atoms with Crippen LogP contribution in [0, 0.1) is 0 Å². The first kappa shape index (κ1) is 20.6. The Kier molecular flexibility index (Phi) is 6.99. The van der Waals surface area contributed by atoms with Crippen molar-refractivity contribution in [2.45, 2.75) is 39.3 Å². The molecule has 1 aliphatic heterocycles. The molecule has 2 aromatic rings. The summed E-state index contributed by atoms with van der Waals surface area (Å²) in [6.45, 7) is 3.90. The van der Waals surface area contributed by atoms with Gasteiger partial charge < -0.3 is 14.4 Å². The molecule has 0 N–H and O–H groups in total. The van der Waals surface area contributed by atoms with E-state index in [1.807, 2.05) is 30.3 Å². The summed E-state index contributed by atoms with van der Waals surface area (Å²) in [6.07, 6.45) is 1.80. The van der Waals surface area contributed by atoms with Crippen LogP contribution in [0.5, 0.6) is 0 Å². The third kappa shape index (κ3) is 5.43. The second-order valence-electron chi connectivity index (χ2n) is 6.77. The third-order valence-electron chi connectivity index (χ3n) is 4.66. The van der Waals surface area contributed by atoms with E-state index in [0.717, 1.165) is 12.0 Å². The number of benzene rings is 1. The van der Waals surface area contributed by atoms with Gasteiger partial charge in [0.15, 0.2) is 5.69 Å². The van der Waals surface area contributed by atoms with E-state index in [1.54, 1.807) is 16.5 Å². The molecule has 1 aromatic heterocycles. The van der Waals surface area contributed by atoms with Gasteiger partial charge in [-0.3, -0.25) is 14.3 Å². The Hall–Kier alpha value is -3.16. The molecule has 0 atom stereocenters. The number of ether oxygens (including phenoxy) is 2. The molecule has 0 unspecified atom stereocenters. The van der Waals surface area contributed by atoms with Gasteiger partial charge >= 0.3 is 11.9 Å². The van der Waals surface area contributed by atoms with Crippen molar-refractivity contribution in [1.29, 1.82) is 0 Å². The number of rotatable bonds is 9. The Labute approximate surface area is 169 Å². The fourth-order valence-corrected chi connectivity index (χ4v) is 3.04. The minimum Gasteiger partial charge on any atom is -0.466 e. The van der Waals surface area contributed by atoms with Crippen LogP contribution in [0.2, 0.25) is 0 Å². The zero-order valence-electron chi connectivity index (χ0n) is 16.5. The highest BCUT2D eigenvalue weighted by atomic mass is 16.5. The lowest BCUT2D eigenvalue weighted by molar-refractivity contribution is -0.143. The summed E-state index contributed by atoms with van der Waals surface area (Å²) in [5.41, 5.74) is 1.41. The van der Waals surface area contributed by atoms with Crippen LogP contribution in [0.1, 0.15) is 52.7 Å². The molecule has 3 rings (SSSR count). The molecule has 29 heavy (non-hydrogen) atoms. The number of esters is 2. The van der Waals surface area contributed by atoms with Crippen LogP contribution in [0.4, 0.5) is 0 Å². The number of unbranched alkanes of at least 4 members (excludes halogenated alkanes) is 1. The molecule has 1 amide bonds. The number of nitrogens with zero attached hydrogens (tertiary/aromatic N) is 3. The molecule has 0 radical (unpaired) electrons. The molecule has 0 saturated carbocycles. The van der Waals surface area contributed by atoms with Gasteiger partial charge in [0, 0.05) is 25.6 Å². The summed E-state index contributed by atoms with van der Waals surface area (Å²) in [7, 11) is 0. The third-order valence-corrected chi connectivity index (χ3v) is 4.66. The summed E-state index contributed by atoms with van der Waals surface area (Å²) in [4.78, 5) is 37.8. The smallest absolute Gasteiger partial charge is 0.359 e. The van der Waals surface area contributed by atoms with Gasteiger partial charge in [-0.1, -0.05) is 37.3 Å². The van der Waals surface area contributed by atoms with Gasteiger partial charge in [0.2, 0.25) is 0 Å². The Morgan fingerprint density at radius 2 is 1.90 bits per heavy atom. The summed E-state index contributed by atoms with van der Waals surface area (Å²) >= 11 is 0. The van der Waals surface area contributed by atoms with Crippen molar-refractivity contribution in [3.05, 3.63) is 53.3 Å². The number of carbonyl (C=O) groups is 3. The topological polar surface area (TPSA) is 90.7 Å². The zero-order valence-corrected chi connectivity index (χ0v) is 16.5. The first-order chi connectivity index (χ1) is 14.1. The Balaban J connectivity index is 1.50. The maximum absolute atomic E-state index is 12.7. The number of aromatic nitrogens is 2. The van der Waals surface area contributed by atoms with E-state index in [9.17, 15) is 14.4 Å². The largest absolute Gasteiger partial charge is 0.466 e. The molecule has 2 heterocycles. The Morgan fingerprint density at radius 1 is 1.10 bits per heavy atom. The zero-order chi connectivity index (χ0) is 20.6. The van der Waals surface area contributed by atoms with E-state index in [0.29, 0.717) is 44.8 Å². The first-order valence-electron chi connectivity index (χ1n) is 9.82. The second-order valence-corrected chi connectivity index (χ2v) is 6.77. The van der Waals surface area contributed by atoms with E-state index < -0.39 is 5.97 Å². The number of amides is 1. The summed E-state index contributed by atoms with van der Waals surface area (Å²) < 4.78 is 11.9. The second kappa shape index (κ2) is 9.86. The minimum absolute atomic E-state index is 0.137. The minimum atomic E-state index is -0.548. The fraction of sp³-hybridized carbons (Fsp3) is 0.429. The van der Waals surface area contributed by atoms with Crippen molar-refractivity contribution in [3.63, 3.8) is 0 Å². The van der Waals surface area contributed by atoms with Gasteiger partial charge in [-0.2, -0.15) is 5.10 Å². The standard InChI is InChI=1S/C21H25N3O5/c1-2-19(25)28-13-7-6-10-23-11-12-24-18(20(23)26)14-17(22-24)21(27)29-15-16-8-4-3-5-9-16/h3-5,8-9,14H,2,6-7,10-13,15H2,1H3. The first-order valence-corrected chi connectivity index (χ1v) is 9.82. The Morgan fingerprint density at radius 3 is 2.66 bits per heavy atom. The Bertz CT molecular complexity index is 862. The fourth-order valence-electron chi connectivity index (χ4n) is 3.04. The van der Waals surface area contributed by atoms with Crippen molar-refractivity contribution in [2.24, 2.45) is 0 Å². The molecule has 8 nitrogen and oxygen atoms in total. The van der Waals surface area contributed by atoms with E-state index in [-0.39, 0.29) is 24.2 Å². The predicted octanol–water partition coefficient (Wildman–Crippen LogP) is 2.43. The SMILES string of the molecule is CCC(=O)OCCCCN1CCn2nc(C(=O)OCc3ccccc3)cc2C1=O. The van der Waals surface area contributed by atoms with Crippen LogP contribution in [0.15, 0.2) is 36.4 Å². The van der Waals surface area contributed by atoms with Crippen LogP contribution in [-0.2, 0) is 27.4 Å². The van der Waals surface area contributed by atoms with Crippen LogP contribution in [0.25, 0.3) is 0 Å². The van der Waals surface area contributed by atoms with Crippen molar-refractivity contribution in [2.75, 3.05) is 19.7 Å². The number of hydrogen-bond acceptors (Lipinski definition) is 6. The monoisotopic (exact) mass is 399 g/mol. The molecule has 8 heteroatoms. The van der Waals surface area contributed by atoms with Gasteiger partial charge in [-0.25, -0.2) is 4.79 Å². The predicted molar refractivity (Wildman–Crippen MR) is 104 cm³/mol. The highest BCUT2D eigenvalue weighted by Crippen LogP contribution is 2.16. The van der Waals surface area contributed by atoms with Gasteiger partial charge in [-0.05, 0) is 18.4 Å². The molecule has 0 spiro atoms. The van der Waals surface area contributed by atoms with Crippen molar-refractivity contribution < 1.29 is 23.9 Å². The van der Waals surface area contributed by atoms with E-state index in [2.05, 4.69) is 5.10 Å². The van der Waals surface area contributed by atoms with E-state index in [1.165, 1.54) is 6.07 Å². The number of carbonyl (C=O) groups excluding carboxylic acids is 3. The average molecular weight is 399 g/mol. The lowest BCUT2D eigenvalue weighted by atomic mass is 10.2. The maximum atomic E-state index is 12.7. The van der Waals surface area contributed by atoms with Crippen molar-refractivity contribution in [1.82, 2.24) is 14.7 Å². The van der Waals surface area contributed by atoms with Gasteiger partial charge in [0.05, 0.1) is 13.2 Å². The van der Waals surface area contributed by atoms with Crippen LogP contribution >= 0.6 is 0 Å². The molecule has 1 aromatic carbocycles.